The van der Waals surface area contributed by atoms with E-state index in [-0.39, 0.29) is 0 Å². The third-order valence-electron chi connectivity index (χ3n) is 3.69. The third-order valence-corrected chi connectivity index (χ3v) is 3.69. The highest BCUT2D eigenvalue weighted by molar-refractivity contribution is 5.71. The first-order valence-electron chi connectivity index (χ1n) is 7.23. The van der Waals surface area contributed by atoms with Crippen molar-refractivity contribution in [1.29, 1.82) is 5.26 Å². The van der Waals surface area contributed by atoms with E-state index < -0.39 is 53.5 Å². The molecule has 0 spiro atoms. The highest BCUT2D eigenvalue weighted by atomic mass is 19.2. The van der Waals surface area contributed by atoms with Gasteiger partial charge in [0.25, 0.3) is 17.1 Å². The van der Waals surface area contributed by atoms with Crippen molar-refractivity contribution in [3.05, 3.63) is 33.1 Å². The minimum atomic E-state index is -3.14. The summed E-state index contributed by atoms with van der Waals surface area (Å²) in [4.78, 5) is 36.3. The lowest BCUT2D eigenvalue weighted by Crippen LogP contribution is -2.50. The summed E-state index contributed by atoms with van der Waals surface area (Å²) in [7, 11) is 0. The molecule has 1 aliphatic rings. The molecule has 0 aliphatic carbocycles. The molecule has 0 unspecified atom stereocenters. The smallest absolute Gasteiger partial charge is 0.331 e. The summed E-state index contributed by atoms with van der Waals surface area (Å²) >= 11 is 0. The summed E-state index contributed by atoms with van der Waals surface area (Å²) in [5.74, 6) is -4.53. The topological polar surface area (TPSA) is 155 Å². The van der Waals surface area contributed by atoms with E-state index >= 15 is 0 Å². The van der Waals surface area contributed by atoms with Crippen LogP contribution in [0.15, 0.2) is 21.9 Å². The minimum Gasteiger partial charge on any atom is -0.459 e. The molecule has 1 aromatic heterocycles. The first kappa shape index (κ1) is 18.8. The molecule has 4 atom stereocenters. The molecule has 1 saturated heterocycles. The maximum Gasteiger partial charge on any atom is 0.331 e. The standard InChI is InChI=1S/C14H16FN3O7/c1-7(2)11(22)24-6-13(15)9(20)10(21)14(5-16,25-13)18-4-3-8(19)17-12(18)23/h3-4,7,9-10,20-21H,6H2,1-2H3,(H,17,19,23)/t9-,10+,13+,14+/m0/s1. The van der Waals surface area contributed by atoms with E-state index in [1.54, 1.807) is 0 Å². The number of ether oxygens (including phenoxy) is 2. The Morgan fingerprint density at radius 3 is 2.68 bits per heavy atom. The molecule has 1 aliphatic heterocycles. The van der Waals surface area contributed by atoms with Crippen LogP contribution in [0.1, 0.15) is 13.8 Å². The number of hydrogen-bond acceptors (Lipinski definition) is 8. The van der Waals surface area contributed by atoms with E-state index in [9.17, 15) is 34.2 Å². The number of esters is 1. The zero-order valence-corrected chi connectivity index (χ0v) is 13.3. The van der Waals surface area contributed by atoms with E-state index in [1.807, 2.05) is 4.98 Å². The second kappa shape index (κ2) is 6.40. The fourth-order valence-corrected chi connectivity index (χ4v) is 2.29. The van der Waals surface area contributed by atoms with E-state index in [0.29, 0.717) is 4.57 Å². The van der Waals surface area contributed by atoms with Gasteiger partial charge >= 0.3 is 11.7 Å². The Hall–Kier alpha value is -2.55. The lowest BCUT2D eigenvalue weighted by Gasteiger charge is -2.27. The number of aliphatic hydroxyl groups is 2. The third kappa shape index (κ3) is 3.07. The fraction of sp³-hybridized carbons (Fsp3) is 0.571. The van der Waals surface area contributed by atoms with Gasteiger partial charge in [-0.05, 0) is 0 Å². The van der Waals surface area contributed by atoms with Crippen LogP contribution in [0.3, 0.4) is 0 Å². The molecular weight excluding hydrogens is 341 g/mol. The van der Waals surface area contributed by atoms with Crippen molar-refractivity contribution in [3.8, 4) is 6.07 Å². The van der Waals surface area contributed by atoms with E-state index in [0.717, 1.165) is 12.3 Å². The van der Waals surface area contributed by atoms with Crippen molar-refractivity contribution in [2.45, 2.75) is 37.6 Å². The highest BCUT2D eigenvalue weighted by Crippen LogP contribution is 2.42. The fourth-order valence-electron chi connectivity index (χ4n) is 2.29. The second-order valence-corrected chi connectivity index (χ2v) is 5.83. The normalized spacial score (nSPS) is 31.7. The molecule has 11 heteroatoms. The van der Waals surface area contributed by atoms with Crippen LogP contribution in [0.25, 0.3) is 0 Å². The Labute approximate surface area is 140 Å². The quantitative estimate of drug-likeness (QED) is 0.540. The summed E-state index contributed by atoms with van der Waals surface area (Å²) in [6.07, 6.45) is -3.69. The summed E-state index contributed by atoms with van der Waals surface area (Å²) in [6, 6.07) is 2.28. The van der Waals surface area contributed by atoms with Crippen LogP contribution >= 0.6 is 0 Å². The van der Waals surface area contributed by atoms with Gasteiger partial charge in [-0.3, -0.25) is 23.9 Å². The first-order chi connectivity index (χ1) is 11.6. The Morgan fingerprint density at radius 2 is 2.16 bits per heavy atom. The zero-order chi connectivity index (χ0) is 19.0. The van der Waals surface area contributed by atoms with E-state index in [2.05, 4.69) is 4.74 Å². The predicted octanol–water partition coefficient (Wildman–Crippen LogP) is -1.67. The average molecular weight is 357 g/mol. The number of halogens is 1. The monoisotopic (exact) mass is 357 g/mol. The molecule has 1 fully saturated rings. The van der Waals surface area contributed by atoms with Crippen molar-refractivity contribution in [1.82, 2.24) is 9.55 Å². The molecule has 0 aromatic carbocycles. The van der Waals surface area contributed by atoms with Gasteiger partial charge in [0, 0.05) is 12.3 Å². The maximum absolute atomic E-state index is 14.9. The molecule has 10 nitrogen and oxygen atoms in total. The predicted molar refractivity (Wildman–Crippen MR) is 77.6 cm³/mol. The number of aromatic nitrogens is 2. The Bertz CT molecular complexity index is 829. The van der Waals surface area contributed by atoms with Crippen LogP contribution < -0.4 is 11.2 Å². The molecule has 2 heterocycles. The molecule has 1 aromatic rings. The lowest BCUT2D eigenvalue weighted by molar-refractivity contribution is -0.235. The maximum atomic E-state index is 14.9. The molecule has 136 valence electrons. The largest absolute Gasteiger partial charge is 0.459 e. The van der Waals surface area contributed by atoms with Gasteiger partial charge in [-0.15, -0.1) is 0 Å². The van der Waals surface area contributed by atoms with Crippen molar-refractivity contribution < 1.29 is 28.9 Å². The number of nitrogens with one attached hydrogen (secondary N) is 1. The van der Waals surface area contributed by atoms with E-state index in [4.69, 9.17) is 4.74 Å². The lowest BCUT2D eigenvalue weighted by atomic mass is 10.0. The number of hydrogen-bond donors (Lipinski definition) is 3. The van der Waals surface area contributed by atoms with Gasteiger partial charge < -0.3 is 14.9 Å². The van der Waals surface area contributed by atoms with Gasteiger partial charge in [0.2, 0.25) is 0 Å². The Kier molecular flexibility index (Phi) is 4.81. The average Bonchev–Trinajstić information content (AvgIpc) is 2.75. The summed E-state index contributed by atoms with van der Waals surface area (Å²) in [5.41, 5.74) is -4.62. The number of alkyl halides is 1. The van der Waals surface area contributed by atoms with E-state index in [1.165, 1.54) is 19.9 Å². The molecule has 0 bridgehead atoms. The van der Waals surface area contributed by atoms with Gasteiger partial charge in [0.15, 0.2) is 6.61 Å². The van der Waals surface area contributed by atoms with Gasteiger partial charge in [-0.1, -0.05) is 13.8 Å². The van der Waals surface area contributed by atoms with Crippen LogP contribution in [0.2, 0.25) is 0 Å². The summed E-state index contributed by atoms with van der Waals surface area (Å²) in [5, 5.41) is 29.5. The minimum absolute atomic E-state index is 0.438. The van der Waals surface area contributed by atoms with Gasteiger partial charge in [0.05, 0.1) is 5.92 Å². The molecule has 3 N–H and O–H groups in total. The molecule has 2 rings (SSSR count). The van der Waals surface area contributed by atoms with Crippen molar-refractivity contribution in [2.24, 2.45) is 5.92 Å². The number of aliphatic hydroxyl groups excluding tert-OH is 2. The Morgan fingerprint density at radius 1 is 1.52 bits per heavy atom. The van der Waals surface area contributed by atoms with Crippen LogP contribution in [0.4, 0.5) is 4.39 Å². The van der Waals surface area contributed by atoms with Crippen molar-refractivity contribution >= 4 is 5.97 Å². The number of carbonyl (C=O) groups is 1. The summed E-state index contributed by atoms with van der Waals surface area (Å²) < 4.78 is 24.9. The number of aromatic amines is 1. The highest BCUT2D eigenvalue weighted by Gasteiger charge is 2.66. The van der Waals surface area contributed by atoms with Crippen LogP contribution in [0, 0.1) is 17.2 Å². The second-order valence-electron chi connectivity index (χ2n) is 5.83. The summed E-state index contributed by atoms with van der Waals surface area (Å²) in [6.45, 7) is 1.88. The number of rotatable bonds is 4. The number of nitriles is 1. The van der Waals surface area contributed by atoms with Crippen molar-refractivity contribution in [2.75, 3.05) is 6.61 Å². The van der Waals surface area contributed by atoms with Crippen LogP contribution in [-0.4, -0.2) is 50.4 Å². The molecular formula is C14H16FN3O7. The van der Waals surface area contributed by atoms with Gasteiger partial charge in [0.1, 0.15) is 18.3 Å². The van der Waals surface area contributed by atoms with Gasteiger partial charge in [-0.25, -0.2) is 9.18 Å². The molecule has 0 amide bonds. The molecule has 0 saturated carbocycles. The Balaban J connectivity index is 2.42. The SMILES string of the molecule is CC(C)C(=O)OC[C@@]1(F)O[C@@](C#N)(n2ccc(=O)[nH]c2=O)[C@H](O)[C@@H]1O. The molecule has 0 radical (unpaired) electrons. The van der Waals surface area contributed by atoms with Crippen LogP contribution in [0.5, 0.6) is 0 Å². The van der Waals surface area contributed by atoms with Crippen LogP contribution in [-0.2, 0) is 20.0 Å². The molecule has 25 heavy (non-hydrogen) atoms. The number of carbonyl (C=O) groups excluding carboxylic acids is 1. The van der Waals surface area contributed by atoms with Gasteiger partial charge in [-0.2, -0.15) is 5.26 Å². The number of H-pyrrole nitrogens is 1. The zero-order valence-electron chi connectivity index (χ0n) is 13.3. The number of nitrogens with zero attached hydrogens (tertiary/aromatic N) is 2. The first-order valence-corrected chi connectivity index (χ1v) is 7.23. The van der Waals surface area contributed by atoms with Crippen molar-refractivity contribution in [3.63, 3.8) is 0 Å².